The van der Waals surface area contributed by atoms with Gasteiger partial charge in [-0.25, -0.2) is 0 Å². The molecule has 2 aromatic carbocycles. The number of nitrogens with two attached hydrogens (primary N) is 1. The lowest BCUT2D eigenvalue weighted by Crippen LogP contribution is -2.46. The maximum atomic E-state index is 12.6. The molecule has 1 fully saturated rings. The summed E-state index contributed by atoms with van der Waals surface area (Å²) in [6.07, 6.45) is 1.48. The van der Waals surface area contributed by atoms with Crippen LogP contribution in [0.25, 0.3) is 11.1 Å². The smallest absolute Gasteiger partial charge is 0.243 e. The summed E-state index contributed by atoms with van der Waals surface area (Å²) in [5.74, 6) is 0.554. The van der Waals surface area contributed by atoms with Gasteiger partial charge in [0.25, 0.3) is 0 Å². The number of benzene rings is 2. The van der Waals surface area contributed by atoms with Gasteiger partial charge in [0.05, 0.1) is 12.1 Å². The SMILES string of the molecule is Cc1ccccc1-c1cc(O)c2c(c1)CN(C(=O)C1(N)CC1)CCO2. The average molecular weight is 338 g/mol. The van der Waals surface area contributed by atoms with E-state index in [1.807, 2.05) is 37.3 Å². The van der Waals surface area contributed by atoms with Crippen molar-refractivity contribution in [1.29, 1.82) is 0 Å². The number of carbonyl (C=O) groups is 1. The van der Waals surface area contributed by atoms with Crippen LogP contribution in [0.2, 0.25) is 0 Å². The average Bonchev–Trinajstić information content (AvgIpc) is 3.37. The van der Waals surface area contributed by atoms with E-state index in [4.69, 9.17) is 10.5 Å². The fourth-order valence-corrected chi connectivity index (χ4v) is 3.39. The number of carbonyl (C=O) groups excluding carboxylic acids is 1. The van der Waals surface area contributed by atoms with Gasteiger partial charge in [0.15, 0.2) is 11.5 Å². The minimum atomic E-state index is -0.694. The molecule has 0 spiro atoms. The van der Waals surface area contributed by atoms with E-state index >= 15 is 0 Å². The van der Waals surface area contributed by atoms with Gasteiger partial charge in [-0.15, -0.1) is 0 Å². The molecule has 0 aromatic heterocycles. The van der Waals surface area contributed by atoms with Crippen molar-refractivity contribution >= 4 is 5.91 Å². The number of nitrogens with zero attached hydrogens (tertiary/aromatic N) is 1. The molecule has 0 saturated heterocycles. The Morgan fingerprint density at radius 2 is 2.04 bits per heavy atom. The van der Waals surface area contributed by atoms with Gasteiger partial charge in [-0.3, -0.25) is 4.79 Å². The summed E-state index contributed by atoms with van der Waals surface area (Å²) in [5.41, 5.74) is 9.30. The van der Waals surface area contributed by atoms with Gasteiger partial charge >= 0.3 is 0 Å². The summed E-state index contributed by atoms with van der Waals surface area (Å²) in [7, 11) is 0. The molecule has 130 valence electrons. The maximum absolute atomic E-state index is 12.6. The van der Waals surface area contributed by atoms with Gasteiger partial charge in [-0.2, -0.15) is 0 Å². The second kappa shape index (κ2) is 5.77. The quantitative estimate of drug-likeness (QED) is 0.882. The minimum absolute atomic E-state index is 0.0234. The minimum Gasteiger partial charge on any atom is -0.504 e. The first-order valence-electron chi connectivity index (χ1n) is 8.61. The normalized spacial score (nSPS) is 18.1. The summed E-state index contributed by atoms with van der Waals surface area (Å²) in [4.78, 5) is 14.4. The predicted molar refractivity (Wildman–Crippen MR) is 95.3 cm³/mol. The van der Waals surface area contributed by atoms with Crippen LogP contribution in [0.1, 0.15) is 24.0 Å². The lowest BCUT2D eigenvalue weighted by molar-refractivity contribution is -0.134. The molecule has 2 aliphatic rings. The largest absolute Gasteiger partial charge is 0.504 e. The van der Waals surface area contributed by atoms with Crippen LogP contribution in [0, 0.1) is 6.92 Å². The Balaban J connectivity index is 1.72. The Morgan fingerprint density at radius 1 is 1.28 bits per heavy atom. The van der Waals surface area contributed by atoms with Crippen molar-refractivity contribution in [3.8, 4) is 22.6 Å². The highest BCUT2D eigenvalue weighted by molar-refractivity contribution is 5.89. The number of fused-ring (bicyclic) bond motifs is 1. The van der Waals surface area contributed by atoms with Crippen molar-refractivity contribution in [1.82, 2.24) is 4.90 Å². The molecule has 2 aromatic rings. The van der Waals surface area contributed by atoms with E-state index in [0.29, 0.717) is 25.4 Å². The third-order valence-electron chi connectivity index (χ3n) is 5.07. The zero-order valence-corrected chi connectivity index (χ0v) is 14.3. The van der Waals surface area contributed by atoms with Crippen molar-refractivity contribution in [3.05, 3.63) is 47.5 Å². The molecule has 1 saturated carbocycles. The molecular formula is C20H22N2O3. The fourth-order valence-electron chi connectivity index (χ4n) is 3.39. The van der Waals surface area contributed by atoms with Crippen LogP contribution in [0.15, 0.2) is 36.4 Å². The van der Waals surface area contributed by atoms with Crippen LogP contribution in [0.4, 0.5) is 0 Å². The summed E-state index contributed by atoms with van der Waals surface area (Å²) in [6, 6.07) is 11.7. The van der Waals surface area contributed by atoms with Gasteiger partial charge in [0, 0.05) is 12.1 Å². The number of aromatic hydroxyl groups is 1. The van der Waals surface area contributed by atoms with Crippen molar-refractivity contribution < 1.29 is 14.6 Å². The van der Waals surface area contributed by atoms with Gasteiger partial charge in [0.1, 0.15) is 6.61 Å². The van der Waals surface area contributed by atoms with Crippen LogP contribution in [-0.4, -0.2) is 34.6 Å². The summed E-state index contributed by atoms with van der Waals surface area (Å²) in [5, 5.41) is 10.5. The van der Waals surface area contributed by atoms with Crippen LogP contribution >= 0.6 is 0 Å². The second-order valence-corrected chi connectivity index (χ2v) is 7.03. The Kier molecular flexibility index (Phi) is 3.69. The number of ether oxygens (including phenoxy) is 1. The molecule has 0 unspecified atom stereocenters. The highest BCUT2D eigenvalue weighted by Crippen LogP contribution is 2.40. The molecule has 5 nitrogen and oxygen atoms in total. The molecule has 4 rings (SSSR count). The number of aryl methyl sites for hydroxylation is 1. The van der Waals surface area contributed by atoms with Crippen LogP contribution in [0.5, 0.6) is 11.5 Å². The van der Waals surface area contributed by atoms with Crippen LogP contribution < -0.4 is 10.5 Å². The van der Waals surface area contributed by atoms with Crippen LogP contribution in [0.3, 0.4) is 0 Å². The monoisotopic (exact) mass is 338 g/mol. The molecule has 1 aliphatic carbocycles. The molecule has 0 radical (unpaired) electrons. The highest BCUT2D eigenvalue weighted by Gasteiger charge is 2.48. The Bertz CT molecular complexity index is 843. The van der Waals surface area contributed by atoms with E-state index in [1.54, 1.807) is 11.0 Å². The number of hydrogen-bond acceptors (Lipinski definition) is 4. The lowest BCUT2D eigenvalue weighted by atomic mass is 9.97. The first kappa shape index (κ1) is 16.0. The standard InChI is InChI=1S/C20H22N2O3/c1-13-4-2-3-5-16(13)14-10-15-12-22(19(24)20(21)6-7-20)8-9-25-18(15)17(23)11-14/h2-5,10-11,23H,6-9,12,21H2,1H3. The van der Waals surface area contributed by atoms with E-state index in [2.05, 4.69) is 0 Å². The fraction of sp³-hybridized carbons (Fsp3) is 0.350. The number of amides is 1. The molecule has 25 heavy (non-hydrogen) atoms. The molecular weight excluding hydrogens is 316 g/mol. The van der Waals surface area contributed by atoms with Gasteiger partial charge in [-0.05, 0) is 48.6 Å². The first-order chi connectivity index (χ1) is 12.0. The zero-order valence-electron chi connectivity index (χ0n) is 14.3. The van der Waals surface area contributed by atoms with Gasteiger partial charge in [-0.1, -0.05) is 24.3 Å². The predicted octanol–water partition coefficient (Wildman–Crippen LogP) is 2.58. The summed E-state index contributed by atoms with van der Waals surface area (Å²) < 4.78 is 5.73. The summed E-state index contributed by atoms with van der Waals surface area (Å²) >= 11 is 0. The molecule has 1 aliphatic heterocycles. The second-order valence-electron chi connectivity index (χ2n) is 7.03. The molecule has 0 atom stereocenters. The lowest BCUT2D eigenvalue weighted by Gasteiger charge is -2.23. The van der Waals surface area contributed by atoms with E-state index in [-0.39, 0.29) is 11.7 Å². The number of phenols is 1. The van der Waals surface area contributed by atoms with E-state index < -0.39 is 5.54 Å². The number of hydrogen-bond donors (Lipinski definition) is 2. The number of rotatable bonds is 2. The van der Waals surface area contributed by atoms with Crippen molar-refractivity contribution in [2.75, 3.05) is 13.2 Å². The van der Waals surface area contributed by atoms with E-state index in [9.17, 15) is 9.90 Å². The third kappa shape index (κ3) is 2.85. The van der Waals surface area contributed by atoms with Crippen LogP contribution in [-0.2, 0) is 11.3 Å². The Labute approximate surface area is 147 Å². The Morgan fingerprint density at radius 3 is 2.76 bits per heavy atom. The van der Waals surface area contributed by atoms with Crippen molar-refractivity contribution in [3.63, 3.8) is 0 Å². The molecule has 1 amide bonds. The third-order valence-corrected chi connectivity index (χ3v) is 5.07. The van der Waals surface area contributed by atoms with Crippen molar-refractivity contribution in [2.24, 2.45) is 5.73 Å². The summed E-state index contributed by atoms with van der Waals surface area (Å²) in [6.45, 7) is 3.27. The number of phenolic OH excluding ortho intramolecular Hbond substituents is 1. The topological polar surface area (TPSA) is 75.8 Å². The van der Waals surface area contributed by atoms with Gasteiger partial charge < -0.3 is 20.5 Å². The Hall–Kier alpha value is -2.53. The van der Waals surface area contributed by atoms with E-state index in [0.717, 1.165) is 35.1 Å². The molecule has 3 N–H and O–H groups in total. The zero-order chi connectivity index (χ0) is 17.6. The van der Waals surface area contributed by atoms with Gasteiger partial charge in [0.2, 0.25) is 5.91 Å². The first-order valence-corrected chi connectivity index (χ1v) is 8.61. The molecule has 0 bridgehead atoms. The molecule has 1 heterocycles. The van der Waals surface area contributed by atoms with Crippen molar-refractivity contribution in [2.45, 2.75) is 31.8 Å². The highest BCUT2D eigenvalue weighted by atomic mass is 16.5. The van der Waals surface area contributed by atoms with E-state index in [1.165, 1.54) is 0 Å². The molecule has 5 heteroatoms. The maximum Gasteiger partial charge on any atom is 0.243 e.